The molecule has 0 saturated heterocycles. The molecule has 0 aliphatic carbocycles. The van der Waals surface area contributed by atoms with E-state index < -0.39 is 0 Å². The number of aryl methyl sites for hydroxylation is 1. The van der Waals surface area contributed by atoms with E-state index in [0.29, 0.717) is 0 Å². The van der Waals surface area contributed by atoms with E-state index in [1.807, 2.05) is 12.1 Å². The Kier molecular flexibility index (Phi) is 5.54. The van der Waals surface area contributed by atoms with Crippen molar-refractivity contribution in [3.63, 3.8) is 0 Å². The molecule has 0 aliphatic rings. The van der Waals surface area contributed by atoms with E-state index >= 15 is 0 Å². The van der Waals surface area contributed by atoms with Gasteiger partial charge in [-0.25, -0.2) is 0 Å². The minimum absolute atomic E-state index is 0.210. The first kappa shape index (κ1) is 14.6. The first-order chi connectivity index (χ1) is 7.92. The molecule has 1 atom stereocenters. The average molecular weight is 252 g/mol. The maximum atomic E-state index is 10.2. The third kappa shape index (κ3) is 5.60. The van der Waals surface area contributed by atoms with Gasteiger partial charge in [-0.3, -0.25) is 0 Å². The summed E-state index contributed by atoms with van der Waals surface area (Å²) in [6.07, 6.45) is 1.89. The molecule has 0 bridgehead atoms. The predicted octanol–water partition coefficient (Wildman–Crippen LogP) is 4.20. The molecule has 1 unspecified atom stereocenters. The van der Waals surface area contributed by atoms with Gasteiger partial charge in [-0.1, -0.05) is 58.4 Å². The molecule has 0 heterocycles. The Bertz CT molecular complexity index is 341. The molecule has 1 aromatic carbocycles. The van der Waals surface area contributed by atoms with Gasteiger partial charge in [0.1, 0.15) is 0 Å². The Hall–Kier alpha value is -0.470. The topological polar surface area (TPSA) is 20.2 Å². The highest BCUT2D eigenvalue weighted by molar-refractivity contribution is 8.00. The molecule has 0 aliphatic heterocycles. The molecule has 1 rings (SSSR count). The van der Waals surface area contributed by atoms with E-state index in [1.54, 1.807) is 11.8 Å². The minimum Gasteiger partial charge on any atom is -0.388 e. The van der Waals surface area contributed by atoms with Gasteiger partial charge in [-0.05, 0) is 17.5 Å². The van der Waals surface area contributed by atoms with Crippen LogP contribution < -0.4 is 0 Å². The van der Waals surface area contributed by atoms with Gasteiger partial charge in [0, 0.05) is 10.5 Å². The standard InChI is InChI=1S/C15H24OS/c1-5-7-12-8-6-9-13(10-12)14(16)11-17-15(2,3)4/h6,8-10,14,16H,5,7,11H2,1-4H3. The van der Waals surface area contributed by atoms with Crippen LogP contribution in [0.3, 0.4) is 0 Å². The molecule has 1 aromatic rings. The fourth-order valence-corrected chi connectivity index (χ4v) is 2.52. The summed E-state index contributed by atoms with van der Waals surface area (Å²) in [7, 11) is 0. The van der Waals surface area contributed by atoms with Crippen molar-refractivity contribution in [2.45, 2.75) is 51.4 Å². The summed E-state index contributed by atoms with van der Waals surface area (Å²) in [5, 5.41) is 10.2. The van der Waals surface area contributed by atoms with Crippen LogP contribution in [0.1, 0.15) is 51.3 Å². The predicted molar refractivity (Wildman–Crippen MR) is 77.6 cm³/mol. The van der Waals surface area contributed by atoms with Crippen molar-refractivity contribution in [2.75, 3.05) is 5.75 Å². The summed E-state index contributed by atoms with van der Waals surface area (Å²) < 4.78 is 0.210. The maximum absolute atomic E-state index is 10.2. The van der Waals surface area contributed by atoms with Crippen molar-refractivity contribution >= 4 is 11.8 Å². The van der Waals surface area contributed by atoms with Gasteiger partial charge in [-0.2, -0.15) is 11.8 Å². The second kappa shape index (κ2) is 6.46. The van der Waals surface area contributed by atoms with Crippen LogP contribution in [-0.2, 0) is 6.42 Å². The summed E-state index contributed by atoms with van der Waals surface area (Å²) in [4.78, 5) is 0. The Morgan fingerprint density at radius 1 is 1.29 bits per heavy atom. The summed E-state index contributed by atoms with van der Waals surface area (Å²) in [5.41, 5.74) is 2.37. The van der Waals surface area contributed by atoms with Crippen LogP contribution in [0.15, 0.2) is 24.3 Å². The molecule has 0 spiro atoms. The zero-order chi connectivity index (χ0) is 12.9. The van der Waals surface area contributed by atoms with Gasteiger partial charge in [0.25, 0.3) is 0 Å². The number of aliphatic hydroxyl groups is 1. The van der Waals surface area contributed by atoms with E-state index in [-0.39, 0.29) is 10.9 Å². The number of aliphatic hydroxyl groups excluding tert-OH is 1. The molecule has 0 amide bonds. The van der Waals surface area contributed by atoms with E-state index in [1.165, 1.54) is 5.56 Å². The van der Waals surface area contributed by atoms with Crippen LogP contribution in [-0.4, -0.2) is 15.6 Å². The van der Waals surface area contributed by atoms with Crippen molar-refractivity contribution in [1.82, 2.24) is 0 Å². The zero-order valence-electron chi connectivity index (χ0n) is 11.4. The fourth-order valence-electron chi connectivity index (χ4n) is 1.67. The molecule has 2 heteroatoms. The van der Waals surface area contributed by atoms with Gasteiger partial charge in [0.05, 0.1) is 6.10 Å². The molecule has 1 nitrogen and oxygen atoms in total. The van der Waals surface area contributed by atoms with E-state index in [2.05, 4.69) is 39.8 Å². The van der Waals surface area contributed by atoms with Gasteiger partial charge in [0.15, 0.2) is 0 Å². The normalized spacial score (nSPS) is 13.7. The smallest absolute Gasteiger partial charge is 0.0880 e. The lowest BCUT2D eigenvalue weighted by atomic mass is 10.0. The fraction of sp³-hybridized carbons (Fsp3) is 0.600. The molecule has 1 N–H and O–H groups in total. The van der Waals surface area contributed by atoms with Gasteiger partial charge in [0.2, 0.25) is 0 Å². The Balaban J connectivity index is 2.62. The first-order valence-electron chi connectivity index (χ1n) is 6.33. The molecule has 0 fully saturated rings. The third-order valence-corrected chi connectivity index (χ3v) is 3.90. The molecular weight excluding hydrogens is 228 g/mol. The van der Waals surface area contributed by atoms with E-state index in [9.17, 15) is 5.11 Å². The minimum atomic E-state index is -0.351. The monoisotopic (exact) mass is 252 g/mol. The third-order valence-electron chi connectivity index (χ3n) is 2.55. The quantitative estimate of drug-likeness (QED) is 0.847. The maximum Gasteiger partial charge on any atom is 0.0880 e. The summed E-state index contributed by atoms with van der Waals surface area (Å²) in [6.45, 7) is 8.71. The SMILES string of the molecule is CCCc1cccc(C(O)CSC(C)(C)C)c1. The zero-order valence-corrected chi connectivity index (χ0v) is 12.2. The van der Waals surface area contributed by atoms with Gasteiger partial charge in [-0.15, -0.1) is 0 Å². The summed E-state index contributed by atoms with van der Waals surface area (Å²) >= 11 is 1.81. The summed E-state index contributed by atoms with van der Waals surface area (Å²) in [5.74, 6) is 0.763. The van der Waals surface area contributed by atoms with Gasteiger partial charge < -0.3 is 5.11 Å². The molecule has 0 saturated carbocycles. The number of hydrogen-bond donors (Lipinski definition) is 1. The number of rotatable bonds is 5. The first-order valence-corrected chi connectivity index (χ1v) is 7.32. The average Bonchev–Trinajstić information content (AvgIpc) is 2.26. The van der Waals surface area contributed by atoms with Crippen molar-refractivity contribution in [1.29, 1.82) is 0 Å². The summed E-state index contributed by atoms with van der Waals surface area (Å²) in [6, 6.07) is 8.34. The lowest BCUT2D eigenvalue weighted by Gasteiger charge is -2.20. The van der Waals surface area contributed by atoms with Crippen molar-refractivity contribution in [3.05, 3.63) is 35.4 Å². The Labute approximate surface area is 110 Å². The molecule has 0 radical (unpaired) electrons. The van der Waals surface area contributed by atoms with Gasteiger partial charge >= 0.3 is 0 Å². The number of benzene rings is 1. The van der Waals surface area contributed by atoms with Crippen LogP contribution in [0.25, 0.3) is 0 Å². The number of thioether (sulfide) groups is 1. The highest BCUT2D eigenvalue weighted by Crippen LogP contribution is 2.28. The van der Waals surface area contributed by atoms with Crippen LogP contribution >= 0.6 is 11.8 Å². The van der Waals surface area contributed by atoms with Crippen LogP contribution in [0.4, 0.5) is 0 Å². The lowest BCUT2D eigenvalue weighted by molar-refractivity contribution is 0.203. The second-order valence-electron chi connectivity index (χ2n) is 5.43. The largest absolute Gasteiger partial charge is 0.388 e. The molecule has 0 aromatic heterocycles. The highest BCUT2D eigenvalue weighted by Gasteiger charge is 2.15. The lowest BCUT2D eigenvalue weighted by Crippen LogP contribution is -2.12. The Morgan fingerprint density at radius 2 is 2.00 bits per heavy atom. The van der Waals surface area contributed by atoms with Crippen molar-refractivity contribution in [2.24, 2.45) is 0 Å². The van der Waals surface area contributed by atoms with Crippen LogP contribution in [0, 0.1) is 0 Å². The molecular formula is C15H24OS. The van der Waals surface area contributed by atoms with Crippen molar-refractivity contribution < 1.29 is 5.11 Å². The highest BCUT2D eigenvalue weighted by atomic mass is 32.2. The second-order valence-corrected chi connectivity index (χ2v) is 7.28. The van der Waals surface area contributed by atoms with Crippen molar-refractivity contribution in [3.8, 4) is 0 Å². The van der Waals surface area contributed by atoms with Crippen LogP contribution in [0.5, 0.6) is 0 Å². The molecule has 17 heavy (non-hydrogen) atoms. The van der Waals surface area contributed by atoms with E-state index in [4.69, 9.17) is 0 Å². The molecule has 96 valence electrons. The van der Waals surface area contributed by atoms with Crippen LogP contribution in [0.2, 0.25) is 0 Å². The van der Waals surface area contributed by atoms with E-state index in [0.717, 1.165) is 24.2 Å². The number of hydrogen-bond acceptors (Lipinski definition) is 2. The Morgan fingerprint density at radius 3 is 2.59 bits per heavy atom.